The van der Waals surface area contributed by atoms with E-state index in [0.29, 0.717) is 17.8 Å². The molecule has 2 aromatic rings. The highest BCUT2D eigenvalue weighted by atomic mass is 16.5. The van der Waals surface area contributed by atoms with Crippen LogP contribution in [0.4, 0.5) is 0 Å². The Morgan fingerprint density at radius 2 is 1.88 bits per heavy atom. The number of hydrogen-bond donors (Lipinski definition) is 1. The summed E-state index contributed by atoms with van der Waals surface area (Å²) in [7, 11) is 1.31. The number of aromatic nitrogens is 2. The lowest BCUT2D eigenvalue weighted by molar-refractivity contribution is -0.134. The van der Waals surface area contributed by atoms with Crippen molar-refractivity contribution >= 4 is 11.9 Å². The normalized spacial score (nSPS) is 10.9. The van der Waals surface area contributed by atoms with Crippen molar-refractivity contribution < 1.29 is 14.3 Å². The Balaban J connectivity index is 2.07. The zero-order valence-corrected chi connectivity index (χ0v) is 15.0. The number of methoxy groups -OCH3 is 1. The molecule has 0 unspecified atom stereocenters. The molecule has 0 aliphatic heterocycles. The summed E-state index contributed by atoms with van der Waals surface area (Å²) >= 11 is 0. The van der Waals surface area contributed by atoms with Crippen LogP contribution in [0.3, 0.4) is 0 Å². The highest BCUT2D eigenvalue weighted by Crippen LogP contribution is 2.15. The Kier molecular flexibility index (Phi) is 6.11. The summed E-state index contributed by atoms with van der Waals surface area (Å²) in [5.41, 5.74) is 4.39. The minimum absolute atomic E-state index is 0.209. The molecule has 0 saturated carbocycles. The quantitative estimate of drug-likeness (QED) is 0.646. The average Bonchev–Trinajstić information content (AvgIpc) is 2.87. The summed E-state index contributed by atoms with van der Waals surface area (Å²) in [6, 6.07) is 8.23. The first kappa shape index (κ1) is 18.4. The van der Waals surface area contributed by atoms with Crippen LogP contribution in [0.25, 0.3) is 0 Å². The lowest BCUT2D eigenvalue weighted by Gasteiger charge is -2.06. The monoisotopic (exact) mass is 341 g/mol. The molecule has 1 aromatic carbocycles. The van der Waals surface area contributed by atoms with Gasteiger partial charge in [0.05, 0.1) is 24.9 Å². The summed E-state index contributed by atoms with van der Waals surface area (Å²) in [6.45, 7) is 6.61. The molecule has 0 saturated heterocycles. The molecule has 6 heteroatoms. The Morgan fingerprint density at radius 1 is 1.20 bits per heavy atom. The van der Waals surface area contributed by atoms with Gasteiger partial charge in [-0.15, -0.1) is 0 Å². The van der Waals surface area contributed by atoms with E-state index in [2.05, 4.69) is 39.4 Å². The molecule has 0 spiro atoms. The Morgan fingerprint density at radius 3 is 2.52 bits per heavy atom. The Bertz CT molecular complexity index is 789. The zero-order valence-electron chi connectivity index (χ0n) is 15.0. The standard InChI is InChI=1S/C19H23N3O3/c1-13-7-9-16(10-8-13)12-22-15(3)18(14(2)21-22)19(24)20-11-5-6-17(23)25-4/h5-10H,11-12H2,1-4H3,(H,20,24)/b6-5+. The average molecular weight is 341 g/mol. The highest BCUT2D eigenvalue weighted by Gasteiger charge is 2.18. The van der Waals surface area contributed by atoms with Crippen LogP contribution in [0, 0.1) is 20.8 Å². The van der Waals surface area contributed by atoms with E-state index in [1.165, 1.54) is 18.7 Å². The minimum Gasteiger partial charge on any atom is -0.466 e. The van der Waals surface area contributed by atoms with Crippen molar-refractivity contribution in [2.45, 2.75) is 27.3 Å². The summed E-state index contributed by atoms with van der Waals surface area (Å²) in [5.74, 6) is -0.660. The van der Waals surface area contributed by atoms with Gasteiger partial charge in [0, 0.05) is 18.3 Å². The van der Waals surface area contributed by atoms with Crippen LogP contribution < -0.4 is 5.32 Å². The first-order chi connectivity index (χ1) is 11.9. The number of ether oxygens (including phenoxy) is 1. The summed E-state index contributed by atoms with van der Waals surface area (Å²) in [6.07, 6.45) is 2.83. The summed E-state index contributed by atoms with van der Waals surface area (Å²) < 4.78 is 6.33. The zero-order chi connectivity index (χ0) is 18.4. The molecule has 0 atom stereocenters. The van der Waals surface area contributed by atoms with E-state index in [4.69, 9.17) is 0 Å². The third-order valence-electron chi connectivity index (χ3n) is 3.90. The van der Waals surface area contributed by atoms with Crippen LogP contribution in [-0.4, -0.2) is 35.3 Å². The van der Waals surface area contributed by atoms with Crippen molar-refractivity contribution in [1.29, 1.82) is 0 Å². The van der Waals surface area contributed by atoms with Gasteiger partial charge >= 0.3 is 5.97 Å². The van der Waals surface area contributed by atoms with Crippen molar-refractivity contribution in [3.63, 3.8) is 0 Å². The van der Waals surface area contributed by atoms with Gasteiger partial charge in [0.25, 0.3) is 5.91 Å². The van der Waals surface area contributed by atoms with Crippen molar-refractivity contribution in [2.24, 2.45) is 0 Å². The van der Waals surface area contributed by atoms with Crippen LogP contribution >= 0.6 is 0 Å². The number of benzene rings is 1. The molecule has 0 fully saturated rings. The van der Waals surface area contributed by atoms with Gasteiger partial charge in [-0.3, -0.25) is 9.48 Å². The van der Waals surface area contributed by atoms with Crippen LogP contribution in [-0.2, 0) is 16.1 Å². The fraction of sp³-hybridized carbons (Fsp3) is 0.316. The summed E-state index contributed by atoms with van der Waals surface area (Å²) in [5, 5.41) is 7.24. The fourth-order valence-electron chi connectivity index (χ4n) is 2.51. The molecule has 0 radical (unpaired) electrons. The van der Waals surface area contributed by atoms with Crippen LogP contribution in [0.2, 0.25) is 0 Å². The number of hydrogen-bond acceptors (Lipinski definition) is 4. The lowest BCUT2D eigenvalue weighted by Crippen LogP contribution is -2.24. The number of rotatable bonds is 6. The largest absolute Gasteiger partial charge is 0.466 e. The van der Waals surface area contributed by atoms with Gasteiger partial charge in [0.15, 0.2) is 0 Å². The molecule has 0 aliphatic carbocycles. The van der Waals surface area contributed by atoms with Crippen LogP contribution in [0.5, 0.6) is 0 Å². The third kappa shape index (κ3) is 4.79. The molecule has 1 aromatic heterocycles. The molecule has 6 nitrogen and oxygen atoms in total. The van der Waals surface area contributed by atoms with E-state index < -0.39 is 5.97 Å². The molecular formula is C19H23N3O3. The smallest absolute Gasteiger partial charge is 0.330 e. The van der Waals surface area contributed by atoms with Crippen LogP contribution in [0.1, 0.15) is 32.9 Å². The van der Waals surface area contributed by atoms with Gasteiger partial charge in [-0.25, -0.2) is 4.79 Å². The van der Waals surface area contributed by atoms with Crippen molar-refractivity contribution in [1.82, 2.24) is 15.1 Å². The van der Waals surface area contributed by atoms with E-state index in [9.17, 15) is 9.59 Å². The first-order valence-electron chi connectivity index (χ1n) is 8.04. The Hall–Kier alpha value is -2.89. The second-order valence-corrected chi connectivity index (χ2v) is 5.82. The van der Waals surface area contributed by atoms with Crippen molar-refractivity contribution in [3.8, 4) is 0 Å². The molecular weight excluding hydrogens is 318 g/mol. The maximum Gasteiger partial charge on any atom is 0.330 e. The predicted octanol–water partition coefficient (Wildman–Crippen LogP) is 2.32. The van der Waals surface area contributed by atoms with Gasteiger partial charge in [0.1, 0.15) is 0 Å². The molecule has 1 heterocycles. The fourth-order valence-corrected chi connectivity index (χ4v) is 2.51. The maximum atomic E-state index is 12.4. The molecule has 1 N–H and O–H groups in total. The number of amides is 1. The number of esters is 1. The van der Waals surface area contributed by atoms with Gasteiger partial charge in [-0.05, 0) is 26.3 Å². The molecule has 132 valence electrons. The molecule has 1 amide bonds. The van der Waals surface area contributed by atoms with E-state index >= 15 is 0 Å². The molecule has 0 bridgehead atoms. The minimum atomic E-state index is -0.451. The van der Waals surface area contributed by atoms with Gasteiger partial charge in [0.2, 0.25) is 0 Å². The van der Waals surface area contributed by atoms with Gasteiger partial charge in [-0.1, -0.05) is 35.9 Å². The molecule has 0 aliphatic rings. The third-order valence-corrected chi connectivity index (χ3v) is 3.90. The summed E-state index contributed by atoms with van der Waals surface area (Å²) in [4.78, 5) is 23.4. The van der Waals surface area contributed by atoms with Gasteiger partial charge < -0.3 is 10.1 Å². The lowest BCUT2D eigenvalue weighted by atomic mass is 10.1. The van der Waals surface area contributed by atoms with E-state index in [0.717, 1.165) is 11.3 Å². The van der Waals surface area contributed by atoms with Crippen molar-refractivity contribution in [3.05, 3.63) is 64.5 Å². The SMILES string of the molecule is COC(=O)/C=C/CNC(=O)c1c(C)nn(Cc2ccc(C)cc2)c1C. The van der Waals surface area contributed by atoms with Crippen LogP contribution in [0.15, 0.2) is 36.4 Å². The number of nitrogens with zero attached hydrogens (tertiary/aromatic N) is 2. The second kappa shape index (κ2) is 8.28. The van der Waals surface area contributed by atoms with E-state index in [-0.39, 0.29) is 12.5 Å². The maximum absolute atomic E-state index is 12.4. The van der Waals surface area contributed by atoms with E-state index in [1.54, 1.807) is 6.08 Å². The number of aryl methyl sites for hydroxylation is 2. The Labute approximate surface area is 147 Å². The predicted molar refractivity (Wildman–Crippen MR) is 95.5 cm³/mol. The molecule has 2 rings (SSSR count). The topological polar surface area (TPSA) is 73.2 Å². The van der Waals surface area contributed by atoms with Crippen molar-refractivity contribution in [2.75, 3.05) is 13.7 Å². The second-order valence-electron chi connectivity index (χ2n) is 5.82. The van der Waals surface area contributed by atoms with E-state index in [1.807, 2.05) is 25.5 Å². The van der Waals surface area contributed by atoms with Gasteiger partial charge in [-0.2, -0.15) is 5.10 Å². The number of carbonyl (C=O) groups is 2. The first-order valence-corrected chi connectivity index (χ1v) is 8.04. The molecule has 25 heavy (non-hydrogen) atoms. The number of carbonyl (C=O) groups excluding carboxylic acids is 2. The number of nitrogens with one attached hydrogen (secondary N) is 1. The highest BCUT2D eigenvalue weighted by molar-refractivity contribution is 5.96.